The first-order valence-corrected chi connectivity index (χ1v) is 5.72. The third-order valence-corrected chi connectivity index (χ3v) is 3.57. The van der Waals surface area contributed by atoms with Crippen LogP contribution in [0.25, 0.3) is 0 Å². The van der Waals surface area contributed by atoms with Crippen molar-refractivity contribution in [3.05, 3.63) is 35.4 Å². The molecule has 3 nitrogen and oxygen atoms in total. The average Bonchev–Trinajstić information content (AvgIpc) is 2.16. The van der Waals surface area contributed by atoms with Gasteiger partial charge in [0.05, 0.1) is 5.92 Å². The molecule has 1 saturated heterocycles. The number of fused-ring (bicyclic) bond motifs is 1. The van der Waals surface area contributed by atoms with E-state index in [9.17, 15) is 4.79 Å². The smallest absolute Gasteiger partial charge is 0.230 e. The number of rotatable bonds is 1. The molecule has 1 aliphatic heterocycles. The summed E-state index contributed by atoms with van der Waals surface area (Å²) in [5, 5.41) is 0. The number of benzene rings is 1. The normalized spacial score (nSPS) is 25.4. The van der Waals surface area contributed by atoms with Crippen LogP contribution in [0, 0.1) is 0 Å². The number of hydrogen-bond acceptors (Lipinski definition) is 2. The lowest BCUT2D eigenvalue weighted by molar-refractivity contribution is -0.140. The molecule has 84 valence electrons. The van der Waals surface area contributed by atoms with Crippen LogP contribution in [0.15, 0.2) is 24.3 Å². The molecule has 0 aromatic heterocycles. The van der Waals surface area contributed by atoms with E-state index < -0.39 is 0 Å². The van der Waals surface area contributed by atoms with Gasteiger partial charge in [0, 0.05) is 18.6 Å². The summed E-state index contributed by atoms with van der Waals surface area (Å²) >= 11 is 0. The third-order valence-electron chi connectivity index (χ3n) is 3.57. The number of likely N-dealkylation sites (tertiary alicyclic amines) is 1. The van der Waals surface area contributed by atoms with Crippen LogP contribution >= 0.6 is 0 Å². The van der Waals surface area contributed by atoms with Crippen molar-refractivity contribution in [3.8, 4) is 0 Å². The predicted molar refractivity (Wildman–Crippen MR) is 62.1 cm³/mol. The van der Waals surface area contributed by atoms with E-state index in [1.165, 1.54) is 11.1 Å². The van der Waals surface area contributed by atoms with Gasteiger partial charge in [-0.3, -0.25) is 4.79 Å². The molecular formula is C13H16N2O. The SMILES string of the molecule is CC1(N)CN(C(=O)C2Cc3ccccc32)C1. The third kappa shape index (κ3) is 1.35. The molecule has 2 N–H and O–H groups in total. The van der Waals surface area contributed by atoms with Crippen molar-refractivity contribution < 1.29 is 4.79 Å². The van der Waals surface area contributed by atoms with E-state index in [1.807, 2.05) is 24.0 Å². The molecule has 16 heavy (non-hydrogen) atoms. The van der Waals surface area contributed by atoms with Crippen LogP contribution in [-0.4, -0.2) is 29.4 Å². The van der Waals surface area contributed by atoms with Crippen molar-refractivity contribution in [1.82, 2.24) is 4.90 Å². The number of nitrogens with two attached hydrogens (primary N) is 1. The van der Waals surface area contributed by atoms with Gasteiger partial charge in [0.15, 0.2) is 0 Å². The molecular weight excluding hydrogens is 200 g/mol. The molecule has 1 heterocycles. The molecule has 1 aromatic carbocycles. The molecule has 0 saturated carbocycles. The summed E-state index contributed by atoms with van der Waals surface area (Å²) in [6, 6.07) is 8.19. The predicted octanol–water partition coefficient (Wildman–Crippen LogP) is 0.886. The fourth-order valence-corrected chi connectivity index (χ4v) is 2.68. The van der Waals surface area contributed by atoms with E-state index in [2.05, 4.69) is 12.1 Å². The number of amides is 1. The average molecular weight is 216 g/mol. The van der Waals surface area contributed by atoms with Gasteiger partial charge in [-0.15, -0.1) is 0 Å². The molecule has 1 unspecified atom stereocenters. The van der Waals surface area contributed by atoms with Gasteiger partial charge in [-0.1, -0.05) is 24.3 Å². The minimum Gasteiger partial charge on any atom is -0.338 e. The van der Waals surface area contributed by atoms with Crippen LogP contribution in [0.5, 0.6) is 0 Å². The maximum absolute atomic E-state index is 12.1. The minimum absolute atomic E-state index is 0.0901. The quantitative estimate of drug-likeness (QED) is 0.757. The Hall–Kier alpha value is -1.35. The van der Waals surface area contributed by atoms with Crippen LogP contribution in [0.4, 0.5) is 0 Å². The van der Waals surface area contributed by atoms with Crippen LogP contribution in [0.2, 0.25) is 0 Å². The second-order valence-electron chi connectivity index (χ2n) is 5.30. The number of carbonyl (C=O) groups is 1. The molecule has 1 aliphatic carbocycles. The van der Waals surface area contributed by atoms with Crippen molar-refractivity contribution in [1.29, 1.82) is 0 Å². The largest absolute Gasteiger partial charge is 0.338 e. The zero-order valence-electron chi connectivity index (χ0n) is 9.44. The molecule has 0 bridgehead atoms. The number of carbonyl (C=O) groups excluding carboxylic acids is 1. The maximum atomic E-state index is 12.1. The van der Waals surface area contributed by atoms with Crippen molar-refractivity contribution in [2.24, 2.45) is 5.73 Å². The van der Waals surface area contributed by atoms with Crippen LogP contribution in [0.1, 0.15) is 24.0 Å². The summed E-state index contributed by atoms with van der Waals surface area (Å²) in [5.74, 6) is 0.342. The molecule has 0 radical (unpaired) electrons. The van der Waals surface area contributed by atoms with Crippen molar-refractivity contribution in [3.63, 3.8) is 0 Å². The number of hydrogen-bond donors (Lipinski definition) is 1. The van der Waals surface area contributed by atoms with Gasteiger partial charge in [-0.2, -0.15) is 0 Å². The summed E-state index contributed by atoms with van der Waals surface area (Å²) in [6.07, 6.45) is 0.896. The fourth-order valence-electron chi connectivity index (χ4n) is 2.68. The first kappa shape index (κ1) is 9.85. The van der Waals surface area contributed by atoms with Crippen molar-refractivity contribution >= 4 is 5.91 Å². The second-order valence-corrected chi connectivity index (χ2v) is 5.30. The van der Waals surface area contributed by atoms with Gasteiger partial charge in [0.2, 0.25) is 5.91 Å². The van der Waals surface area contributed by atoms with E-state index >= 15 is 0 Å². The zero-order chi connectivity index (χ0) is 11.3. The summed E-state index contributed by atoms with van der Waals surface area (Å²) < 4.78 is 0. The van der Waals surface area contributed by atoms with Crippen LogP contribution < -0.4 is 5.73 Å². The Labute approximate surface area is 95.2 Å². The molecule has 1 fully saturated rings. The zero-order valence-corrected chi connectivity index (χ0v) is 9.44. The van der Waals surface area contributed by atoms with Gasteiger partial charge in [-0.25, -0.2) is 0 Å². The molecule has 1 atom stereocenters. The van der Waals surface area contributed by atoms with E-state index in [-0.39, 0.29) is 17.4 Å². The Balaban J connectivity index is 1.71. The van der Waals surface area contributed by atoms with Crippen LogP contribution in [0.3, 0.4) is 0 Å². The topological polar surface area (TPSA) is 46.3 Å². The Morgan fingerprint density at radius 3 is 2.75 bits per heavy atom. The highest BCUT2D eigenvalue weighted by Crippen LogP contribution is 2.37. The fraction of sp³-hybridized carbons (Fsp3) is 0.462. The lowest BCUT2D eigenvalue weighted by Crippen LogP contribution is -2.67. The van der Waals surface area contributed by atoms with Crippen LogP contribution in [-0.2, 0) is 11.2 Å². The van der Waals surface area contributed by atoms with E-state index in [1.54, 1.807) is 0 Å². The maximum Gasteiger partial charge on any atom is 0.230 e. The van der Waals surface area contributed by atoms with E-state index in [0.29, 0.717) is 13.1 Å². The summed E-state index contributed by atoms with van der Waals surface area (Å²) in [4.78, 5) is 14.0. The highest BCUT2D eigenvalue weighted by Gasteiger charge is 2.43. The summed E-state index contributed by atoms with van der Waals surface area (Å²) in [6.45, 7) is 3.39. The van der Waals surface area contributed by atoms with Gasteiger partial charge in [0.25, 0.3) is 0 Å². The van der Waals surface area contributed by atoms with Gasteiger partial charge in [-0.05, 0) is 24.5 Å². The Kier molecular flexibility index (Phi) is 1.89. The molecule has 2 aliphatic rings. The van der Waals surface area contributed by atoms with Crippen molar-refractivity contribution in [2.75, 3.05) is 13.1 Å². The molecule has 3 heteroatoms. The van der Waals surface area contributed by atoms with Gasteiger partial charge in [0.1, 0.15) is 0 Å². The molecule has 3 rings (SSSR count). The highest BCUT2D eigenvalue weighted by molar-refractivity contribution is 5.87. The lowest BCUT2D eigenvalue weighted by Gasteiger charge is -2.48. The molecule has 1 aromatic rings. The Morgan fingerprint density at radius 2 is 2.12 bits per heavy atom. The first-order valence-electron chi connectivity index (χ1n) is 5.72. The van der Waals surface area contributed by atoms with Crippen molar-refractivity contribution in [2.45, 2.75) is 24.8 Å². The summed E-state index contributed by atoms with van der Waals surface area (Å²) in [7, 11) is 0. The second kappa shape index (κ2) is 3.08. The van der Waals surface area contributed by atoms with Gasteiger partial charge < -0.3 is 10.6 Å². The monoisotopic (exact) mass is 216 g/mol. The lowest BCUT2D eigenvalue weighted by atomic mass is 9.76. The molecule has 0 spiro atoms. The number of nitrogens with zero attached hydrogens (tertiary/aromatic N) is 1. The van der Waals surface area contributed by atoms with E-state index in [0.717, 1.165) is 6.42 Å². The minimum atomic E-state index is -0.168. The summed E-state index contributed by atoms with van der Waals surface area (Å²) in [5.41, 5.74) is 8.27. The van der Waals surface area contributed by atoms with E-state index in [4.69, 9.17) is 5.73 Å². The Morgan fingerprint density at radius 1 is 1.44 bits per heavy atom. The highest BCUT2D eigenvalue weighted by atomic mass is 16.2. The molecule has 1 amide bonds. The first-order chi connectivity index (χ1) is 7.57. The Bertz CT molecular complexity index is 445. The standard InChI is InChI=1S/C13H16N2O/c1-13(14)7-15(8-13)12(16)11-6-9-4-2-3-5-10(9)11/h2-5,11H,6-8,14H2,1H3. The van der Waals surface area contributed by atoms with Gasteiger partial charge >= 0.3 is 0 Å².